The summed E-state index contributed by atoms with van der Waals surface area (Å²) in [6, 6.07) is 6.14. The van der Waals surface area contributed by atoms with Gasteiger partial charge in [0.05, 0.1) is 30.9 Å². The number of hydrogen-bond acceptors (Lipinski definition) is 3. The van der Waals surface area contributed by atoms with Crippen LogP contribution in [0.4, 0.5) is 30.7 Å². The predicted molar refractivity (Wildman–Crippen MR) is 102 cm³/mol. The van der Waals surface area contributed by atoms with Crippen molar-refractivity contribution in [3.8, 4) is 0 Å². The smallest absolute Gasteiger partial charge is 0.416 e. The second-order valence-corrected chi connectivity index (χ2v) is 7.41. The third-order valence-corrected chi connectivity index (χ3v) is 5.21. The maximum Gasteiger partial charge on any atom is 0.416 e. The minimum atomic E-state index is -5.00. The van der Waals surface area contributed by atoms with Crippen molar-refractivity contribution in [1.82, 2.24) is 5.32 Å². The van der Waals surface area contributed by atoms with Crippen LogP contribution in [0.25, 0.3) is 0 Å². The number of carbonyl (C=O) groups is 1. The average molecular weight is 477 g/mol. The van der Waals surface area contributed by atoms with Crippen molar-refractivity contribution in [1.29, 1.82) is 0 Å². The van der Waals surface area contributed by atoms with Crippen molar-refractivity contribution in [2.24, 2.45) is 0 Å². The first kappa shape index (κ1) is 24.6. The van der Waals surface area contributed by atoms with Crippen LogP contribution in [-0.2, 0) is 32.2 Å². The topological polar surface area (TPSA) is 47.6 Å². The van der Waals surface area contributed by atoms with E-state index < -0.39 is 53.5 Å². The molecular formula is C22H18F7NO3. The summed E-state index contributed by atoms with van der Waals surface area (Å²) < 4.78 is 103. The van der Waals surface area contributed by atoms with E-state index in [-0.39, 0.29) is 17.4 Å². The van der Waals surface area contributed by atoms with E-state index in [9.17, 15) is 35.5 Å². The normalized spacial score (nSPS) is 19.8. The molecule has 0 unspecified atom stereocenters. The van der Waals surface area contributed by atoms with E-state index in [1.165, 1.54) is 26.2 Å². The van der Waals surface area contributed by atoms with Gasteiger partial charge in [-0.05, 0) is 48.4 Å². The van der Waals surface area contributed by atoms with Gasteiger partial charge in [-0.15, -0.1) is 0 Å². The number of halogens is 7. The molecule has 0 fully saturated rings. The van der Waals surface area contributed by atoms with Crippen molar-refractivity contribution in [3.63, 3.8) is 0 Å². The SMILES string of the molecule is COC1=CC(=O)N[C@]1(CO[C@H](C)c1cc(C(F)(F)F)cc(C(F)(F)F)c1)c1ccc(F)cc1. The van der Waals surface area contributed by atoms with E-state index in [1.54, 1.807) is 0 Å². The molecule has 1 aliphatic heterocycles. The molecular weight excluding hydrogens is 459 g/mol. The van der Waals surface area contributed by atoms with E-state index >= 15 is 0 Å². The molecule has 1 aliphatic rings. The van der Waals surface area contributed by atoms with Crippen LogP contribution < -0.4 is 5.32 Å². The molecule has 1 N–H and O–H groups in total. The molecule has 4 nitrogen and oxygen atoms in total. The zero-order chi connectivity index (χ0) is 24.6. The summed E-state index contributed by atoms with van der Waals surface area (Å²) in [5, 5.41) is 2.62. The monoisotopic (exact) mass is 477 g/mol. The second kappa shape index (κ2) is 8.69. The Labute approximate surface area is 184 Å². The quantitative estimate of drug-likeness (QED) is 0.560. The molecule has 1 amide bonds. The molecule has 0 radical (unpaired) electrons. The van der Waals surface area contributed by atoms with E-state index in [4.69, 9.17) is 9.47 Å². The highest BCUT2D eigenvalue weighted by atomic mass is 19.4. The fraction of sp³-hybridized carbons (Fsp3) is 0.318. The summed E-state index contributed by atoms with van der Waals surface area (Å²) in [6.07, 6.45) is -10.1. The number of carbonyl (C=O) groups excluding carboxylic acids is 1. The third-order valence-electron chi connectivity index (χ3n) is 5.21. The minimum absolute atomic E-state index is 0.0270. The van der Waals surface area contributed by atoms with E-state index in [1.807, 2.05) is 0 Å². The van der Waals surface area contributed by atoms with Crippen molar-refractivity contribution in [3.05, 3.63) is 82.4 Å². The van der Waals surface area contributed by atoms with Gasteiger partial charge in [0.25, 0.3) is 0 Å². The molecule has 33 heavy (non-hydrogen) atoms. The molecule has 2 aromatic carbocycles. The molecule has 0 aliphatic carbocycles. The number of rotatable bonds is 6. The highest BCUT2D eigenvalue weighted by molar-refractivity contribution is 5.92. The first-order chi connectivity index (χ1) is 15.3. The largest absolute Gasteiger partial charge is 0.498 e. The maximum atomic E-state index is 13.4. The van der Waals surface area contributed by atoms with Crippen LogP contribution in [0.1, 0.15) is 35.3 Å². The van der Waals surface area contributed by atoms with E-state index in [0.717, 1.165) is 18.2 Å². The lowest BCUT2D eigenvalue weighted by atomic mass is 9.90. The number of hydrogen-bond donors (Lipinski definition) is 1. The fourth-order valence-corrected chi connectivity index (χ4v) is 3.48. The molecule has 11 heteroatoms. The molecule has 3 rings (SSSR count). The van der Waals surface area contributed by atoms with Crippen LogP contribution in [0, 0.1) is 5.82 Å². The summed E-state index contributed by atoms with van der Waals surface area (Å²) in [6.45, 7) is 0.865. The lowest BCUT2D eigenvalue weighted by Gasteiger charge is -2.33. The van der Waals surface area contributed by atoms with Gasteiger partial charge in [0, 0.05) is 6.08 Å². The average Bonchev–Trinajstić information content (AvgIpc) is 3.07. The van der Waals surface area contributed by atoms with Crippen molar-refractivity contribution in [2.45, 2.75) is 30.9 Å². The van der Waals surface area contributed by atoms with Gasteiger partial charge in [-0.2, -0.15) is 26.3 Å². The zero-order valence-corrected chi connectivity index (χ0v) is 17.3. The lowest BCUT2D eigenvalue weighted by molar-refractivity contribution is -0.143. The first-order valence-corrected chi connectivity index (χ1v) is 9.51. The predicted octanol–water partition coefficient (Wildman–Crippen LogP) is 5.50. The fourth-order valence-electron chi connectivity index (χ4n) is 3.48. The molecule has 1 heterocycles. The molecule has 0 bridgehead atoms. The summed E-state index contributed by atoms with van der Waals surface area (Å²) >= 11 is 0. The van der Waals surface area contributed by atoms with Crippen LogP contribution >= 0.6 is 0 Å². The van der Waals surface area contributed by atoms with Gasteiger partial charge in [-0.3, -0.25) is 4.79 Å². The zero-order valence-electron chi connectivity index (χ0n) is 17.3. The van der Waals surface area contributed by atoms with Crippen molar-refractivity contribution < 1.29 is 45.0 Å². The minimum Gasteiger partial charge on any atom is -0.498 e. The van der Waals surface area contributed by atoms with Crippen LogP contribution in [0.3, 0.4) is 0 Å². The van der Waals surface area contributed by atoms with Gasteiger partial charge in [0.1, 0.15) is 17.1 Å². The number of alkyl halides is 6. The van der Waals surface area contributed by atoms with Gasteiger partial charge in [0.2, 0.25) is 5.91 Å². The molecule has 0 spiro atoms. The molecule has 178 valence electrons. The van der Waals surface area contributed by atoms with E-state index in [2.05, 4.69) is 5.32 Å². The highest BCUT2D eigenvalue weighted by Crippen LogP contribution is 2.39. The van der Waals surface area contributed by atoms with Gasteiger partial charge in [-0.1, -0.05) is 12.1 Å². The number of methoxy groups -OCH3 is 1. The molecule has 0 saturated heterocycles. The molecule has 2 atom stereocenters. The third kappa shape index (κ3) is 5.13. The molecule has 2 aromatic rings. The van der Waals surface area contributed by atoms with Gasteiger partial charge < -0.3 is 14.8 Å². The Balaban J connectivity index is 1.96. The number of ether oxygens (including phenoxy) is 2. The van der Waals surface area contributed by atoms with Gasteiger partial charge >= 0.3 is 12.4 Å². The Bertz CT molecular complexity index is 1030. The summed E-state index contributed by atoms with van der Waals surface area (Å²) in [5.41, 5.74) is -4.42. The molecule has 0 aromatic heterocycles. The van der Waals surface area contributed by atoms with Gasteiger partial charge in [-0.25, -0.2) is 4.39 Å². The van der Waals surface area contributed by atoms with E-state index in [0.29, 0.717) is 17.7 Å². The maximum absolute atomic E-state index is 13.4. The Morgan fingerprint density at radius 1 is 0.970 bits per heavy atom. The Kier molecular flexibility index (Phi) is 6.47. The van der Waals surface area contributed by atoms with Crippen LogP contribution in [-0.4, -0.2) is 19.6 Å². The number of benzene rings is 2. The van der Waals surface area contributed by atoms with Gasteiger partial charge in [0.15, 0.2) is 0 Å². The van der Waals surface area contributed by atoms with Crippen molar-refractivity contribution in [2.75, 3.05) is 13.7 Å². The van der Waals surface area contributed by atoms with Crippen LogP contribution in [0.2, 0.25) is 0 Å². The summed E-state index contributed by atoms with van der Waals surface area (Å²) in [4.78, 5) is 12.0. The van der Waals surface area contributed by atoms with Crippen LogP contribution in [0.5, 0.6) is 0 Å². The highest BCUT2D eigenvalue weighted by Gasteiger charge is 2.45. The number of amides is 1. The first-order valence-electron chi connectivity index (χ1n) is 9.51. The summed E-state index contributed by atoms with van der Waals surface area (Å²) in [5.74, 6) is -1.03. The van der Waals surface area contributed by atoms with Crippen LogP contribution in [0.15, 0.2) is 54.3 Å². The standard InChI is InChI=1S/C22H18F7NO3/c1-12(13-7-15(21(24,25)26)9-16(8-13)22(27,28)29)33-11-20(14-3-5-17(23)6-4-14)18(32-2)10-19(31)30-20/h3-10,12H,11H2,1-2H3,(H,30,31)/t12-,20-/m1/s1. The van der Waals surface area contributed by atoms with Crippen molar-refractivity contribution >= 4 is 5.91 Å². The second-order valence-electron chi connectivity index (χ2n) is 7.41. The number of nitrogens with one attached hydrogen (secondary N) is 1. The summed E-state index contributed by atoms with van der Waals surface area (Å²) in [7, 11) is 1.27. The Morgan fingerprint density at radius 2 is 1.52 bits per heavy atom. The molecule has 0 saturated carbocycles. The Morgan fingerprint density at radius 3 is 2.00 bits per heavy atom. The Hall–Kier alpha value is -3.08. The lowest BCUT2D eigenvalue weighted by Crippen LogP contribution is -2.46.